The van der Waals surface area contributed by atoms with Gasteiger partial charge in [0.25, 0.3) is 0 Å². The highest BCUT2D eigenvalue weighted by Gasteiger charge is 2.21. The molecule has 0 saturated heterocycles. The zero-order valence-corrected chi connectivity index (χ0v) is 11.7. The van der Waals surface area contributed by atoms with Gasteiger partial charge in [0.05, 0.1) is 13.2 Å². The first-order chi connectivity index (χ1) is 9.54. The number of rotatable bonds is 5. The van der Waals surface area contributed by atoms with Gasteiger partial charge in [-0.05, 0) is 6.07 Å². The number of pyridine rings is 1. The van der Waals surface area contributed by atoms with Crippen LogP contribution in [0.3, 0.4) is 0 Å². The van der Waals surface area contributed by atoms with Crippen molar-refractivity contribution in [2.75, 3.05) is 13.7 Å². The molecule has 2 rings (SSSR count). The number of hydrogen-bond donors (Lipinski definition) is 0. The van der Waals surface area contributed by atoms with Gasteiger partial charge in [-0.1, -0.05) is 11.6 Å². The van der Waals surface area contributed by atoms with Crippen molar-refractivity contribution in [3.05, 3.63) is 28.9 Å². The van der Waals surface area contributed by atoms with Crippen molar-refractivity contribution in [1.29, 1.82) is 0 Å². The molecule has 2 heterocycles. The first-order valence-electron chi connectivity index (χ1n) is 5.80. The number of methoxy groups -OCH3 is 1. The molecule has 2 aromatic heterocycles. The molecule has 0 saturated carbocycles. The Bertz CT molecular complexity index is 644. The van der Waals surface area contributed by atoms with E-state index in [-0.39, 0.29) is 27.9 Å². The van der Waals surface area contributed by atoms with Gasteiger partial charge in [0.1, 0.15) is 5.69 Å². The minimum Gasteiger partial charge on any atom is -0.383 e. The van der Waals surface area contributed by atoms with Crippen LogP contribution in [-0.4, -0.2) is 39.5 Å². The van der Waals surface area contributed by atoms with Gasteiger partial charge in [-0.2, -0.15) is 9.90 Å². The number of aromatic nitrogens is 4. The fraction of sp³-hybridized carbons (Fsp3) is 0.333. The Kier molecular flexibility index (Phi) is 4.41. The summed E-state index contributed by atoms with van der Waals surface area (Å²) in [6.45, 7) is 2.08. The summed E-state index contributed by atoms with van der Waals surface area (Å²) >= 11 is 5.64. The van der Waals surface area contributed by atoms with Crippen LogP contribution in [0.2, 0.25) is 5.15 Å². The predicted octanol–water partition coefficient (Wildman–Crippen LogP) is 1.98. The summed E-state index contributed by atoms with van der Waals surface area (Å²) in [4.78, 5) is 16.5. The number of ketones is 1. The maximum atomic E-state index is 14.0. The largest absolute Gasteiger partial charge is 0.383 e. The molecule has 2 aromatic rings. The van der Waals surface area contributed by atoms with Crippen LogP contribution in [0.25, 0.3) is 11.3 Å². The molecule has 6 nitrogen and oxygen atoms in total. The van der Waals surface area contributed by atoms with Crippen LogP contribution in [-0.2, 0) is 11.3 Å². The number of Topliss-reactive ketones (excluding diaryl/α,β-unsaturated/α-hetero) is 1. The summed E-state index contributed by atoms with van der Waals surface area (Å²) in [6.07, 6.45) is 1.35. The molecule has 0 aliphatic carbocycles. The van der Waals surface area contributed by atoms with E-state index in [1.807, 2.05) is 0 Å². The number of carbonyl (C=O) groups excluding carboxylic acids is 1. The topological polar surface area (TPSA) is 69.9 Å². The lowest BCUT2D eigenvalue weighted by Gasteiger charge is -2.01. The third-order valence-corrected chi connectivity index (χ3v) is 2.85. The number of ether oxygens (including phenoxy) is 1. The van der Waals surface area contributed by atoms with Crippen LogP contribution in [0.4, 0.5) is 4.39 Å². The quantitative estimate of drug-likeness (QED) is 0.623. The maximum Gasteiger partial charge on any atom is 0.182 e. The highest BCUT2D eigenvalue weighted by molar-refractivity contribution is 6.29. The second kappa shape index (κ2) is 6.06. The molecule has 8 heteroatoms. The van der Waals surface area contributed by atoms with E-state index in [0.717, 1.165) is 0 Å². The van der Waals surface area contributed by atoms with Crippen molar-refractivity contribution in [3.63, 3.8) is 0 Å². The van der Waals surface area contributed by atoms with Gasteiger partial charge in [-0.3, -0.25) is 4.79 Å². The van der Waals surface area contributed by atoms with Gasteiger partial charge < -0.3 is 4.74 Å². The van der Waals surface area contributed by atoms with Gasteiger partial charge in [0.2, 0.25) is 0 Å². The Labute approximate surface area is 119 Å². The summed E-state index contributed by atoms with van der Waals surface area (Å²) in [6, 6.07) is 1.40. The van der Waals surface area contributed by atoms with Crippen LogP contribution in [0, 0.1) is 5.82 Å². The summed E-state index contributed by atoms with van der Waals surface area (Å²) in [5, 5.41) is 7.89. The zero-order valence-electron chi connectivity index (χ0n) is 10.9. The van der Waals surface area contributed by atoms with Crippen molar-refractivity contribution in [3.8, 4) is 11.3 Å². The first kappa shape index (κ1) is 14.5. The molecule has 0 bridgehead atoms. The summed E-state index contributed by atoms with van der Waals surface area (Å²) in [5.74, 6) is -1.04. The van der Waals surface area contributed by atoms with Crippen LogP contribution < -0.4 is 0 Å². The Morgan fingerprint density at radius 3 is 2.90 bits per heavy atom. The average Bonchev–Trinajstić information content (AvgIpc) is 2.83. The third-order valence-electron chi connectivity index (χ3n) is 2.59. The van der Waals surface area contributed by atoms with E-state index in [4.69, 9.17) is 16.3 Å². The Morgan fingerprint density at radius 2 is 2.25 bits per heavy atom. The number of nitrogens with zero attached hydrogens (tertiary/aromatic N) is 4. The minimum atomic E-state index is -0.726. The molecule has 0 spiro atoms. The standard InChI is InChI=1S/C12H12ClFN4O2/c1-7(19)10-11(17-18(16-10)5-6-20-2)8-3-4-15-12(13)9(8)14/h3-4H,5-6H2,1-2H3. The molecule has 0 amide bonds. The molecule has 0 aliphatic heterocycles. The molecular weight excluding hydrogens is 287 g/mol. The summed E-state index contributed by atoms with van der Waals surface area (Å²) in [5.41, 5.74) is 0.330. The molecule has 0 fully saturated rings. The summed E-state index contributed by atoms with van der Waals surface area (Å²) in [7, 11) is 1.54. The molecule has 0 radical (unpaired) electrons. The second-order valence-electron chi connectivity index (χ2n) is 4.01. The van der Waals surface area contributed by atoms with Gasteiger partial charge in [-0.15, -0.1) is 5.10 Å². The SMILES string of the molecule is COCCn1nc(C(C)=O)c(-c2ccnc(Cl)c2F)n1. The van der Waals surface area contributed by atoms with Crippen molar-refractivity contribution < 1.29 is 13.9 Å². The molecule has 0 atom stereocenters. The predicted molar refractivity (Wildman–Crippen MR) is 70.1 cm³/mol. The van der Waals surface area contributed by atoms with Gasteiger partial charge in [-0.25, -0.2) is 9.37 Å². The normalized spacial score (nSPS) is 10.8. The smallest absolute Gasteiger partial charge is 0.182 e. The fourth-order valence-corrected chi connectivity index (χ4v) is 1.80. The van der Waals surface area contributed by atoms with Gasteiger partial charge >= 0.3 is 0 Å². The van der Waals surface area contributed by atoms with Crippen molar-refractivity contribution >= 4 is 17.4 Å². The number of carbonyl (C=O) groups is 1. The maximum absolute atomic E-state index is 14.0. The number of halogens is 2. The average molecular weight is 299 g/mol. The zero-order chi connectivity index (χ0) is 14.7. The van der Waals surface area contributed by atoms with Gasteiger partial charge in [0.15, 0.2) is 22.4 Å². The molecule has 20 heavy (non-hydrogen) atoms. The fourth-order valence-electron chi connectivity index (χ4n) is 1.64. The Balaban J connectivity index is 2.51. The highest BCUT2D eigenvalue weighted by Crippen LogP contribution is 2.26. The van der Waals surface area contributed by atoms with Gasteiger partial charge in [0, 0.05) is 25.8 Å². The van der Waals surface area contributed by atoms with E-state index < -0.39 is 5.82 Å². The highest BCUT2D eigenvalue weighted by atomic mass is 35.5. The van der Waals surface area contributed by atoms with E-state index in [1.54, 1.807) is 7.11 Å². The van der Waals surface area contributed by atoms with Crippen molar-refractivity contribution in [2.24, 2.45) is 0 Å². The summed E-state index contributed by atoms with van der Waals surface area (Å²) < 4.78 is 18.9. The molecule has 0 unspecified atom stereocenters. The molecule has 106 valence electrons. The molecule has 0 aromatic carbocycles. The van der Waals surface area contributed by atoms with Crippen LogP contribution >= 0.6 is 11.6 Å². The van der Waals surface area contributed by atoms with Crippen LogP contribution in [0.5, 0.6) is 0 Å². The molecule has 0 aliphatic rings. The minimum absolute atomic E-state index is 0.0854. The van der Waals surface area contributed by atoms with E-state index in [2.05, 4.69) is 15.2 Å². The first-order valence-corrected chi connectivity index (χ1v) is 6.17. The molecular formula is C12H12ClFN4O2. The Morgan fingerprint density at radius 1 is 1.50 bits per heavy atom. The monoisotopic (exact) mass is 298 g/mol. The second-order valence-corrected chi connectivity index (χ2v) is 4.36. The number of hydrogen-bond acceptors (Lipinski definition) is 5. The molecule has 0 N–H and O–H groups in total. The lowest BCUT2D eigenvalue weighted by atomic mass is 10.1. The lowest BCUT2D eigenvalue weighted by Crippen LogP contribution is -2.08. The van der Waals surface area contributed by atoms with Crippen molar-refractivity contribution in [2.45, 2.75) is 13.5 Å². The van der Waals surface area contributed by atoms with E-state index in [1.165, 1.54) is 24.0 Å². The van der Waals surface area contributed by atoms with Crippen molar-refractivity contribution in [1.82, 2.24) is 20.0 Å². The lowest BCUT2D eigenvalue weighted by molar-refractivity contribution is 0.101. The Hall–Kier alpha value is -1.86. The van der Waals surface area contributed by atoms with Crippen LogP contribution in [0.1, 0.15) is 17.4 Å². The van der Waals surface area contributed by atoms with E-state index >= 15 is 0 Å². The van der Waals surface area contributed by atoms with E-state index in [9.17, 15) is 9.18 Å². The van der Waals surface area contributed by atoms with E-state index in [0.29, 0.717) is 13.2 Å². The third kappa shape index (κ3) is 2.83. The van der Waals surface area contributed by atoms with Crippen LogP contribution in [0.15, 0.2) is 12.3 Å².